The molecule has 0 radical (unpaired) electrons. The van der Waals surface area contributed by atoms with E-state index < -0.39 is 17.7 Å². The molecule has 3 aromatic carbocycles. The highest BCUT2D eigenvalue weighted by Crippen LogP contribution is 2.43. The topological polar surface area (TPSA) is 85.3 Å². The summed E-state index contributed by atoms with van der Waals surface area (Å²) in [4.78, 5) is 28.5. The molecular weight excluding hydrogens is 494 g/mol. The molecule has 1 amide bonds. The van der Waals surface area contributed by atoms with Crippen LogP contribution < -0.4 is 14.2 Å². The van der Waals surface area contributed by atoms with Gasteiger partial charge in [0.25, 0.3) is 11.7 Å². The predicted molar refractivity (Wildman–Crippen MR) is 148 cm³/mol. The first-order chi connectivity index (χ1) is 18.9. The second-order valence-electron chi connectivity index (χ2n) is 9.76. The Labute approximate surface area is 228 Å². The molecule has 1 fully saturated rings. The lowest BCUT2D eigenvalue weighted by Gasteiger charge is -2.26. The third-order valence-electron chi connectivity index (χ3n) is 7.08. The van der Waals surface area contributed by atoms with Gasteiger partial charge in [0.05, 0.1) is 24.8 Å². The molecule has 5 rings (SSSR count). The zero-order chi connectivity index (χ0) is 27.5. The van der Waals surface area contributed by atoms with Crippen LogP contribution in [-0.2, 0) is 22.4 Å². The Hall–Kier alpha value is -4.26. The highest BCUT2D eigenvalue weighted by Gasteiger charge is 2.46. The van der Waals surface area contributed by atoms with Gasteiger partial charge in [0.2, 0.25) is 0 Å². The van der Waals surface area contributed by atoms with Gasteiger partial charge in [0, 0.05) is 18.5 Å². The number of carbonyl (C=O) groups is 2. The average Bonchev–Trinajstić information content (AvgIpc) is 3.44. The third-order valence-corrected chi connectivity index (χ3v) is 7.08. The summed E-state index contributed by atoms with van der Waals surface area (Å²) >= 11 is 0. The molecule has 2 heterocycles. The Bertz CT molecular complexity index is 1410. The third kappa shape index (κ3) is 5.21. The number of Topliss-reactive ketones (excluding diaryl/α,β-unsaturated/α-hetero) is 1. The molecule has 2 aliphatic heterocycles. The summed E-state index contributed by atoms with van der Waals surface area (Å²) in [7, 11) is 0. The Morgan fingerprint density at radius 1 is 0.974 bits per heavy atom. The first-order valence-corrected chi connectivity index (χ1v) is 13.4. The van der Waals surface area contributed by atoms with Crippen LogP contribution in [0, 0.1) is 0 Å². The summed E-state index contributed by atoms with van der Waals surface area (Å²) in [5.74, 6) is 0.331. The molecule has 0 aromatic heterocycles. The van der Waals surface area contributed by atoms with E-state index >= 15 is 0 Å². The molecule has 7 heteroatoms. The Morgan fingerprint density at radius 2 is 1.72 bits per heavy atom. The van der Waals surface area contributed by atoms with Crippen molar-refractivity contribution in [1.29, 1.82) is 0 Å². The van der Waals surface area contributed by atoms with E-state index in [2.05, 4.69) is 0 Å². The van der Waals surface area contributed by atoms with Gasteiger partial charge in [-0.2, -0.15) is 0 Å². The van der Waals surface area contributed by atoms with Gasteiger partial charge >= 0.3 is 0 Å². The largest absolute Gasteiger partial charge is 0.507 e. The first-order valence-electron chi connectivity index (χ1n) is 13.4. The van der Waals surface area contributed by atoms with E-state index in [0.29, 0.717) is 55.2 Å². The van der Waals surface area contributed by atoms with Crippen molar-refractivity contribution < 1.29 is 28.9 Å². The summed E-state index contributed by atoms with van der Waals surface area (Å²) in [5.41, 5.74) is 3.21. The minimum absolute atomic E-state index is 0.0433. The van der Waals surface area contributed by atoms with E-state index in [1.165, 1.54) is 0 Å². The molecule has 7 nitrogen and oxygen atoms in total. The first kappa shape index (κ1) is 26.4. The molecule has 0 unspecified atom stereocenters. The number of hydrogen-bond acceptors (Lipinski definition) is 6. The van der Waals surface area contributed by atoms with Gasteiger partial charge in [0.1, 0.15) is 17.6 Å². The minimum atomic E-state index is -0.785. The molecule has 1 N–H and O–H groups in total. The van der Waals surface area contributed by atoms with Gasteiger partial charge < -0.3 is 24.2 Å². The van der Waals surface area contributed by atoms with Gasteiger partial charge in [-0.15, -0.1) is 0 Å². The van der Waals surface area contributed by atoms with E-state index in [1.54, 1.807) is 29.2 Å². The molecule has 0 bridgehead atoms. The van der Waals surface area contributed by atoms with Crippen LogP contribution >= 0.6 is 0 Å². The van der Waals surface area contributed by atoms with E-state index in [-0.39, 0.29) is 17.4 Å². The quantitative estimate of drug-likeness (QED) is 0.226. The standard InChI is InChI=1S/C32H33NO6/c1-4-37-26-14-11-22(19-27(26)38-5-2)29-28(30(34)23-12-13-25-24(18-23)17-20(3)39-25)31(35)32(36)33(29)16-15-21-9-7-6-8-10-21/h6-14,18-20,29,34H,4-5,15-17H2,1-3H3/b30-28+/t20-,29+/m1/s1. The smallest absolute Gasteiger partial charge is 0.295 e. The molecule has 202 valence electrons. The van der Waals surface area contributed by atoms with Crippen LogP contribution in [0.3, 0.4) is 0 Å². The fourth-order valence-electron chi connectivity index (χ4n) is 5.31. The molecule has 0 saturated carbocycles. The van der Waals surface area contributed by atoms with Gasteiger partial charge in [-0.3, -0.25) is 9.59 Å². The van der Waals surface area contributed by atoms with Crippen molar-refractivity contribution in [3.63, 3.8) is 0 Å². The Kier molecular flexibility index (Phi) is 7.59. The van der Waals surface area contributed by atoms with Gasteiger partial charge in [-0.1, -0.05) is 36.4 Å². The number of aliphatic hydroxyl groups is 1. The van der Waals surface area contributed by atoms with Gasteiger partial charge in [0.15, 0.2) is 11.5 Å². The summed E-state index contributed by atoms with van der Waals surface area (Å²) in [6, 6.07) is 19.8. The zero-order valence-corrected chi connectivity index (χ0v) is 22.5. The summed E-state index contributed by atoms with van der Waals surface area (Å²) in [5, 5.41) is 11.5. The fraction of sp³-hybridized carbons (Fsp3) is 0.312. The van der Waals surface area contributed by atoms with Crippen LogP contribution in [0.4, 0.5) is 0 Å². The maximum Gasteiger partial charge on any atom is 0.295 e. The number of amides is 1. The van der Waals surface area contributed by atoms with Crippen molar-refractivity contribution in [1.82, 2.24) is 4.90 Å². The minimum Gasteiger partial charge on any atom is -0.507 e. The van der Waals surface area contributed by atoms with Crippen molar-refractivity contribution in [2.45, 2.75) is 45.8 Å². The zero-order valence-electron chi connectivity index (χ0n) is 22.5. The second-order valence-corrected chi connectivity index (χ2v) is 9.76. The highest BCUT2D eigenvalue weighted by molar-refractivity contribution is 6.46. The van der Waals surface area contributed by atoms with Crippen LogP contribution in [0.5, 0.6) is 17.2 Å². The molecule has 2 atom stereocenters. The summed E-state index contributed by atoms with van der Waals surface area (Å²) in [6.45, 7) is 6.96. The number of aliphatic hydroxyl groups excluding tert-OH is 1. The van der Waals surface area contributed by atoms with E-state index in [1.807, 2.05) is 63.2 Å². The fourth-order valence-corrected chi connectivity index (χ4v) is 5.31. The lowest BCUT2D eigenvalue weighted by Crippen LogP contribution is -2.31. The Morgan fingerprint density at radius 3 is 2.46 bits per heavy atom. The van der Waals surface area contributed by atoms with Crippen molar-refractivity contribution in [2.24, 2.45) is 0 Å². The number of nitrogens with zero attached hydrogens (tertiary/aromatic N) is 1. The van der Waals surface area contributed by atoms with Crippen molar-refractivity contribution in [3.8, 4) is 17.2 Å². The number of benzene rings is 3. The molecular formula is C32H33NO6. The molecule has 0 spiro atoms. The number of likely N-dealkylation sites (tertiary alicyclic amines) is 1. The van der Waals surface area contributed by atoms with Gasteiger partial charge in [-0.05, 0) is 74.2 Å². The van der Waals surface area contributed by atoms with E-state index in [9.17, 15) is 14.7 Å². The van der Waals surface area contributed by atoms with Crippen LogP contribution in [0.15, 0.2) is 72.3 Å². The highest BCUT2D eigenvalue weighted by atomic mass is 16.5. The number of ketones is 1. The van der Waals surface area contributed by atoms with E-state index in [4.69, 9.17) is 14.2 Å². The summed E-state index contributed by atoms with van der Waals surface area (Å²) < 4.78 is 17.4. The molecule has 3 aromatic rings. The molecule has 39 heavy (non-hydrogen) atoms. The molecule has 1 saturated heterocycles. The maximum atomic E-state index is 13.5. The van der Waals surface area contributed by atoms with Gasteiger partial charge in [-0.25, -0.2) is 0 Å². The SMILES string of the molecule is CCOc1ccc([C@H]2/C(=C(\O)c3ccc4c(c3)C[C@@H](C)O4)C(=O)C(=O)N2CCc2ccccc2)cc1OCC. The van der Waals surface area contributed by atoms with Crippen molar-refractivity contribution in [3.05, 3.63) is 94.6 Å². The second kappa shape index (κ2) is 11.2. The number of ether oxygens (including phenoxy) is 3. The number of hydrogen-bond donors (Lipinski definition) is 1. The van der Waals surface area contributed by atoms with Crippen LogP contribution in [0.1, 0.15) is 49.1 Å². The molecule has 0 aliphatic carbocycles. The lowest BCUT2D eigenvalue weighted by atomic mass is 9.94. The molecule has 2 aliphatic rings. The van der Waals surface area contributed by atoms with E-state index in [0.717, 1.165) is 16.9 Å². The monoisotopic (exact) mass is 527 g/mol. The van der Waals surface area contributed by atoms with Crippen molar-refractivity contribution >= 4 is 17.4 Å². The number of fused-ring (bicyclic) bond motifs is 1. The number of carbonyl (C=O) groups excluding carboxylic acids is 2. The maximum absolute atomic E-state index is 13.5. The van der Waals surface area contributed by atoms with Crippen molar-refractivity contribution in [2.75, 3.05) is 19.8 Å². The number of rotatable bonds is 9. The normalized spacial score (nSPS) is 19.6. The van der Waals surface area contributed by atoms with Crippen LogP contribution in [-0.4, -0.2) is 47.6 Å². The van der Waals surface area contributed by atoms with Crippen LogP contribution in [0.2, 0.25) is 0 Å². The average molecular weight is 528 g/mol. The lowest BCUT2D eigenvalue weighted by molar-refractivity contribution is -0.139. The summed E-state index contributed by atoms with van der Waals surface area (Å²) in [6.07, 6.45) is 1.32. The Balaban J connectivity index is 1.60. The van der Waals surface area contributed by atoms with Crippen LogP contribution in [0.25, 0.3) is 5.76 Å². The predicted octanol–water partition coefficient (Wildman–Crippen LogP) is 5.47.